The Morgan fingerprint density at radius 1 is 0.842 bits per heavy atom. The van der Waals surface area contributed by atoms with Crippen LogP contribution in [-0.4, -0.2) is 0 Å². The van der Waals surface area contributed by atoms with E-state index in [2.05, 4.69) is 21.2 Å². The van der Waals surface area contributed by atoms with Crippen molar-refractivity contribution in [2.24, 2.45) is 0 Å². The molecular formula is C13H8BrCl4N. The van der Waals surface area contributed by atoms with Crippen LogP contribution in [0.4, 0.5) is 5.69 Å². The van der Waals surface area contributed by atoms with Crippen molar-refractivity contribution in [1.29, 1.82) is 0 Å². The maximum atomic E-state index is 6.14. The molecule has 0 aliphatic rings. The number of hydrogen-bond acceptors (Lipinski definition) is 1. The molecule has 1 nitrogen and oxygen atoms in total. The van der Waals surface area contributed by atoms with Gasteiger partial charge in [0.05, 0.1) is 20.8 Å². The fraction of sp³-hybridized carbons (Fsp3) is 0.0769. The molecule has 0 unspecified atom stereocenters. The minimum atomic E-state index is 0.430. The van der Waals surface area contributed by atoms with Gasteiger partial charge in [-0.3, -0.25) is 0 Å². The second-order valence-electron chi connectivity index (χ2n) is 3.84. The molecule has 0 aliphatic carbocycles. The van der Waals surface area contributed by atoms with Gasteiger partial charge in [0.1, 0.15) is 0 Å². The Balaban J connectivity index is 2.16. The smallest absolute Gasteiger partial charge is 0.0653 e. The Morgan fingerprint density at radius 2 is 1.53 bits per heavy atom. The van der Waals surface area contributed by atoms with E-state index in [1.165, 1.54) is 0 Å². The van der Waals surface area contributed by atoms with Crippen LogP contribution in [0.1, 0.15) is 5.56 Å². The minimum absolute atomic E-state index is 0.430. The van der Waals surface area contributed by atoms with E-state index in [0.717, 1.165) is 15.7 Å². The number of rotatable bonds is 3. The third-order valence-corrected chi connectivity index (χ3v) is 4.37. The lowest BCUT2D eigenvalue weighted by Crippen LogP contribution is -2.00. The summed E-state index contributed by atoms with van der Waals surface area (Å²) in [6, 6.07) is 9.01. The summed E-state index contributed by atoms with van der Waals surface area (Å²) in [4.78, 5) is 0. The monoisotopic (exact) mass is 397 g/mol. The zero-order valence-corrected chi connectivity index (χ0v) is 14.1. The van der Waals surface area contributed by atoms with Crippen LogP contribution >= 0.6 is 62.3 Å². The number of benzene rings is 2. The summed E-state index contributed by atoms with van der Waals surface area (Å²) < 4.78 is 0.939. The summed E-state index contributed by atoms with van der Waals surface area (Å²) in [5.74, 6) is 0. The van der Waals surface area contributed by atoms with Gasteiger partial charge >= 0.3 is 0 Å². The molecule has 2 rings (SSSR count). The van der Waals surface area contributed by atoms with Crippen molar-refractivity contribution in [2.75, 3.05) is 5.32 Å². The van der Waals surface area contributed by atoms with Crippen molar-refractivity contribution in [3.8, 4) is 0 Å². The van der Waals surface area contributed by atoms with Gasteiger partial charge in [-0.05, 0) is 29.8 Å². The van der Waals surface area contributed by atoms with Gasteiger partial charge < -0.3 is 5.32 Å². The Morgan fingerprint density at radius 3 is 2.21 bits per heavy atom. The molecule has 100 valence electrons. The summed E-state index contributed by atoms with van der Waals surface area (Å²) in [5.41, 5.74) is 1.68. The fourth-order valence-electron chi connectivity index (χ4n) is 1.51. The summed E-state index contributed by atoms with van der Waals surface area (Å²) >= 11 is 27.4. The van der Waals surface area contributed by atoms with Gasteiger partial charge in [-0.1, -0.05) is 68.4 Å². The van der Waals surface area contributed by atoms with Gasteiger partial charge in [-0.15, -0.1) is 0 Å². The van der Waals surface area contributed by atoms with E-state index in [1.807, 2.05) is 18.2 Å². The molecule has 0 atom stereocenters. The number of hydrogen-bond donors (Lipinski definition) is 1. The average molecular weight is 400 g/mol. The van der Waals surface area contributed by atoms with E-state index in [0.29, 0.717) is 26.6 Å². The second kappa shape index (κ2) is 6.55. The molecule has 0 bridgehead atoms. The van der Waals surface area contributed by atoms with Gasteiger partial charge in [0.2, 0.25) is 0 Å². The van der Waals surface area contributed by atoms with Crippen LogP contribution in [0, 0.1) is 0 Å². The highest BCUT2D eigenvalue weighted by Crippen LogP contribution is 2.33. The standard InChI is InChI=1S/C13H8BrCl4N/c14-8-2-1-7(9(15)3-8)6-19-13-5-11(17)10(16)4-12(13)18/h1-5,19H,6H2. The first-order valence-corrected chi connectivity index (χ1v) is 7.60. The van der Waals surface area contributed by atoms with Gasteiger partial charge in [-0.2, -0.15) is 0 Å². The van der Waals surface area contributed by atoms with E-state index in [1.54, 1.807) is 12.1 Å². The zero-order valence-electron chi connectivity index (χ0n) is 9.48. The molecule has 1 N–H and O–H groups in total. The number of anilines is 1. The largest absolute Gasteiger partial charge is 0.380 e. The molecule has 2 aromatic rings. The molecule has 0 saturated carbocycles. The van der Waals surface area contributed by atoms with Gasteiger partial charge in [-0.25, -0.2) is 0 Å². The average Bonchev–Trinajstić information content (AvgIpc) is 2.34. The highest BCUT2D eigenvalue weighted by atomic mass is 79.9. The molecule has 0 amide bonds. The van der Waals surface area contributed by atoms with E-state index >= 15 is 0 Å². The molecule has 2 aromatic carbocycles. The van der Waals surface area contributed by atoms with Crippen molar-refractivity contribution in [3.05, 3.63) is 60.5 Å². The molecule has 0 radical (unpaired) electrons. The molecule has 19 heavy (non-hydrogen) atoms. The molecule has 0 aliphatic heterocycles. The first-order chi connectivity index (χ1) is 8.97. The lowest BCUT2D eigenvalue weighted by Gasteiger charge is -2.11. The predicted molar refractivity (Wildman–Crippen MR) is 88.0 cm³/mol. The molecule has 0 spiro atoms. The Bertz CT molecular complexity index is 616. The summed E-state index contributed by atoms with van der Waals surface area (Å²) in [5, 5.41) is 5.26. The summed E-state index contributed by atoms with van der Waals surface area (Å²) in [7, 11) is 0. The highest BCUT2D eigenvalue weighted by molar-refractivity contribution is 9.10. The van der Waals surface area contributed by atoms with Gasteiger partial charge in [0.25, 0.3) is 0 Å². The van der Waals surface area contributed by atoms with Crippen LogP contribution in [0.25, 0.3) is 0 Å². The van der Waals surface area contributed by atoms with Crippen LogP contribution in [0.3, 0.4) is 0 Å². The van der Waals surface area contributed by atoms with Crippen molar-refractivity contribution < 1.29 is 0 Å². The lowest BCUT2D eigenvalue weighted by atomic mass is 10.2. The van der Waals surface area contributed by atoms with Gasteiger partial charge in [0.15, 0.2) is 0 Å². The molecule has 0 aromatic heterocycles. The van der Waals surface area contributed by atoms with E-state index in [9.17, 15) is 0 Å². The molecule has 6 heteroatoms. The number of nitrogens with one attached hydrogen (secondary N) is 1. The van der Waals surface area contributed by atoms with Crippen LogP contribution < -0.4 is 5.32 Å². The summed E-state index contributed by atoms with van der Waals surface area (Å²) in [6.07, 6.45) is 0. The predicted octanol–water partition coefficient (Wildman–Crippen LogP) is 6.67. The van der Waals surface area contributed by atoms with E-state index in [4.69, 9.17) is 46.4 Å². The van der Waals surface area contributed by atoms with Crippen LogP contribution in [0.2, 0.25) is 20.1 Å². The fourth-order valence-corrected chi connectivity index (χ4v) is 2.87. The van der Waals surface area contributed by atoms with Crippen LogP contribution in [-0.2, 0) is 6.54 Å². The van der Waals surface area contributed by atoms with Crippen LogP contribution in [0.15, 0.2) is 34.8 Å². The van der Waals surface area contributed by atoms with Crippen molar-refractivity contribution in [2.45, 2.75) is 6.54 Å². The zero-order chi connectivity index (χ0) is 14.0. The topological polar surface area (TPSA) is 12.0 Å². The minimum Gasteiger partial charge on any atom is -0.380 e. The third kappa shape index (κ3) is 3.93. The second-order valence-corrected chi connectivity index (χ2v) is 6.38. The Hall–Kier alpha value is -0.120. The van der Waals surface area contributed by atoms with E-state index in [-0.39, 0.29) is 0 Å². The highest BCUT2D eigenvalue weighted by Gasteiger charge is 2.07. The quantitative estimate of drug-likeness (QED) is 0.568. The lowest BCUT2D eigenvalue weighted by molar-refractivity contribution is 1.15. The van der Waals surface area contributed by atoms with Crippen molar-refractivity contribution >= 4 is 68.0 Å². The Labute approximate surface area is 139 Å². The van der Waals surface area contributed by atoms with Gasteiger partial charge in [0, 0.05) is 16.0 Å². The summed E-state index contributed by atoms with van der Waals surface area (Å²) in [6.45, 7) is 0.545. The molecule has 0 fully saturated rings. The Kier molecular flexibility index (Phi) is 5.27. The van der Waals surface area contributed by atoms with E-state index < -0.39 is 0 Å². The SMILES string of the molecule is Clc1cc(Cl)c(NCc2ccc(Br)cc2Cl)cc1Cl. The first-order valence-electron chi connectivity index (χ1n) is 5.29. The normalized spacial score (nSPS) is 10.6. The first kappa shape index (κ1) is 15.3. The van der Waals surface area contributed by atoms with Crippen LogP contribution in [0.5, 0.6) is 0 Å². The maximum absolute atomic E-state index is 6.14. The van der Waals surface area contributed by atoms with Crippen molar-refractivity contribution in [3.63, 3.8) is 0 Å². The molecule has 0 heterocycles. The molecule has 0 saturated heterocycles. The molecular weight excluding hydrogens is 392 g/mol. The maximum Gasteiger partial charge on any atom is 0.0653 e. The van der Waals surface area contributed by atoms with Crippen molar-refractivity contribution in [1.82, 2.24) is 0 Å². The third-order valence-electron chi connectivity index (χ3n) is 2.49. The number of halogens is 5.